The van der Waals surface area contributed by atoms with Gasteiger partial charge in [0.2, 0.25) is 0 Å². The van der Waals surface area contributed by atoms with Crippen LogP contribution in [0.15, 0.2) is 27.3 Å². The molecular formula is C15H13BrClNO4S. The zero-order valence-corrected chi connectivity index (χ0v) is 15.3. The zero-order chi connectivity index (χ0) is 16.8. The van der Waals surface area contributed by atoms with Crippen LogP contribution >= 0.6 is 27.5 Å². The van der Waals surface area contributed by atoms with E-state index >= 15 is 0 Å². The molecule has 1 saturated carbocycles. The van der Waals surface area contributed by atoms with Gasteiger partial charge in [-0.15, -0.1) is 0 Å². The highest BCUT2D eigenvalue weighted by Crippen LogP contribution is 2.42. The van der Waals surface area contributed by atoms with Crippen molar-refractivity contribution in [3.05, 3.63) is 50.3 Å². The Bertz CT molecular complexity index is 887. The number of aromatic nitrogens is 1. The third-order valence-electron chi connectivity index (χ3n) is 3.64. The van der Waals surface area contributed by atoms with Crippen molar-refractivity contribution in [3.63, 3.8) is 0 Å². The second-order valence-corrected chi connectivity index (χ2v) is 9.01. The van der Waals surface area contributed by atoms with E-state index in [0.29, 0.717) is 26.4 Å². The van der Waals surface area contributed by atoms with Gasteiger partial charge in [0, 0.05) is 22.2 Å². The summed E-state index contributed by atoms with van der Waals surface area (Å²) < 4.78 is 29.0. The van der Waals surface area contributed by atoms with Crippen molar-refractivity contribution in [1.82, 2.24) is 5.16 Å². The van der Waals surface area contributed by atoms with Crippen LogP contribution in [0.25, 0.3) is 0 Å². The Hall–Kier alpha value is -1.18. The molecule has 122 valence electrons. The number of carbonyl (C=O) groups excluding carboxylic acids is 1. The molecular weight excluding hydrogens is 406 g/mol. The highest BCUT2D eigenvalue weighted by atomic mass is 79.9. The molecule has 1 aromatic heterocycles. The van der Waals surface area contributed by atoms with E-state index in [1.807, 2.05) is 0 Å². The molecule has 8 heteroatoms. The van der Waals surface area contributed by atoms with Gasteiger partial charge in [-0.05, 0) is 46.5 Å². The molecule has 0 radical (unpaired) electrons. The van der Waals surface area contributed by atoms with Crippen LogP contribution in [0.3, 0.4) is 0 Å². The first-order valence-corrected chi connectivity index (χ1v) is 10.1. The summed E-state index contributed by atoms with van der Waals surface area (Å²) in [5, 5.41) is 4.08. The molecule has 0 bridgehead atoms. The van der Waals surface area contributed by atoms with E-state index in [2.05, 4.69) is 21.1 Å². The molecule has 23 heavy (non-hydrogen) atoms. The molecule has 5 nitrogen and oxygen atoms in total. The number of benzene rings is 1. The molecule has 0 spiro atoms. The maximum Gasteiger partial charge on any atom is 0.198 e. The molecule has 1 aliphatic carbocycles. The molecule has 0 amide bonds. The first-order chi connectivity index (χ1) is 10.8. The molecule has 1 aromatic carbocycles. The summed E-state index contributed by atoms with van der Waals surface area (Å²) in [5.74, 6) is 0.222. The number of rotatable bonds is 5. The minimum atomic E-state index is -3.34. The molecule has 1 heterocycles. The van der Waals surface area contributed by atoms with Crippen molar-refractivity contribution in [2.24, 2.45) is 0 Å². The second-order valence-electron chi connectivity index (χ2n) is 5.66. The van der Waals surface area contributed by atoms with Crippen LogP contribution in [0.4, 0.5) is 0 Å². The number of ketones is 1. The van der Waals surface area contributed by atoms with Crippen LogP contribution in [0.1, 0.15) is 46.0 Å². The number of nitrogens with zero attached hydrogens (tertiary/aromatic N) is 1. The van der Waals surface area contributed by atoms with Crippen LogP contribution in [-0.4, -0.2) is 25.6 Å². The van der Waals surface area contributed by atoms with Crippen LogP contribution in [0.2, 0.25) is 5.02 Å². The fourth-order valence-corrected chi connectivity index (χ4v) is 4.09. The van der Waals surface area contributed by atoms with Crippen molar-refractivity contribution in [1.29, 1.82) is 0 Å². The summed E-state index contributed by atoms with van der Waals surface area (Å²) in [7, 11) is -3.34. The second kappa shape index (κ2) is 6.03. The largest absolute Gasteiger partial charge is 0.360 e. The first kappa shape index (κ1) is 16.7. The van der Waals surface area contributed by atoms with Gasteiger partial charge >= 0.3 is 0 Å². The standard InChI is InChI=1S/C15H13BrClNO4S/c1-23(20,21)7-11-9(4-5-12(17)13(11)16)14(19)10-6-18-22-15(10)8-2-3-8/h4-6,8H,2-3,7H2,1H3. The number of hydrogen-bond acceptors (Lipinski definition) is 5. The smallest absolute Gasteiger partial charge is 0.198 e. The average molecular weight is 419 g/mol. The molecule has 1 aliphatic rings. The zero-order valence-electron chi connectivity index (χ0n) is 12.2. The highest BCUT2D eigenvalue weighted by Gasteiger charge is 2.33. The van der Waals surface area contributed by atoms with E-state index in [4.69, 9.17) is 16.1 Å². The lowest BCUT2D eigenvalue weighted by Crippen LogP contribution is -2.11. The Morgan fingerprint density at radius 2 is 2.09 bits per heavy atom. The minimum absolute atomic E-state index is 0.227. The van der Waals surface area contributed by atoms with E-state index in [-0.39, 0.29) is 23.0 Å². The van der Waals surface area contributed by atoms with E-state index in [9.17, 15) is 13.2 Å². The maximum atomic E-state index is 12.9. The molecule has 0 unspecified atom stereocenters. The van der Waals surface area contributed by atoms with Gasteiger partial charge in [0.1, 0.15) is 0 Å². The van der Waals surface area contributed by atoms with Gasteiger partial charge in [-0.2, -0.15) is 0 Å². The lowest BCUT2D eigenvalue weighted by Gasteiger charge is -2.11. The lowest BCUT2D eigenvalue weighted by atomic mass is 9.98. The summed E-state index contributed by atoms with van der Waals surface area (Å²) in [5.41, 5.74) is 1.03. The summed E-state index contributed by atoms with van der Waals surface area (Å²) in [6.45, 7) is 0. The molecule has 2 aromatic rings. The van der Waals surface area contributed by atoms with Gasteiger partial charge in [0.15, 0.2) is 21.4 Å². The van der Waals surface area contributed by atoms with Crippen molar-refractivity contribution in [2.45, 2.75) is 24.5 Å². The van der Waals surface area contributed by atoms with Crippen LogP contribution in [0.5, 0.6) is 0 Å². The molecule has 3 rings (SSSR count). The Balaban J connectivity index is 2.10. The Kier molecular flexibility index (Phi) is 4.37. The molecule has 0 atom stereocenters. The summed E-state index contributed by atoms with van der Waals surface area (Å²) in [6, 6.07) is 3.11. The van der Waals surface area contributed by atoms with Crippen molar-refractivity contribution in [3.8, 4) is 0 Å². The maximum absolute atomic E-state index is 12.9. The molecule has 0 N–H and O–H groups in total. The SMILES string of the molecule is CS(=O)(=O)Cc1c(C(=O)c2cnoc2C2CC2)ccc(Cl)c1Br. The summed E-state index contributed by atoms with van der Waals surface area (Å²) in [4.78, 5) is 12.9. The van der Waals surface area contributed by atoms with Crippen molar-refractivity contribution in [2.75, 3.05) is 6.26 Å². The normalized spacial score (nSPS) is 14.9. The number of hydrogen-bond donors (Lipinski definition) is 0. The van der Waals surface area contributed by atoms with Gasteiger partial charge in [-0.3, -0.25) is 4.79 Å². The summed E-state index contributed by atoms with van der Waals surface area (Å²) >= 11 is 9.34. The van der Waals surface area contributed by atoms with E-state index in [0.717, 1.165) is 19.1 Å². The monoisotopic (exact) mass is 417 g/mol. The third-order valence-corrected chi connectivity index (χ3v) is 5.90. The number of carbonyl (C=O) groups is 1. The van der Waals surface area contributed by atoms with Crippen molar-refractivity contribution < 1.29 is 17.7 Å². The molecule has 0 saturated heterocycles. The van der Waals surface area contributed by atoms with Gasteiger partial charge in [-0.25, -0.2) is 8.42 Å². The Morgan fingerprint density at radius 1 is 1.39 bits per heavy atom. The van der Waals surface area contributed by atoms with Gasteiger partial charge in [0.25, 0.3) is 0 Å². The fourth-order valence-electron chi connectivity index (χ4n) is 2.41. The van der Waals surface area contributed by atoms with Crippen LogP contribution < -0.4 is 0 Å². The van der Waals surface area contributed by atoms with Crippen molar-refractivity contribution >= 4 is 43.2 Å². The highest BCUT2D eigenvalue weighted by molar-refractivity contribution is 9.10. The Morgan fingerprint density at radius 3 is 2.70 bits per heavy atom. The van der Waals surface area contributed by atoms with E-state index in [1.54, 1.807) is 12.1 Å². The third kappa shape index (κ3) is 3.51. The van der Waals surface area contributed by atoms with Gasteiger partial charge in [0.05, 0.1) is 22.5 Å². The topological polar surface area (TPSA) is 77.2 Å². The van der Waals surface area contributed by atoms with E-state index in [1.165, 1.54) is 6.20 Å². The predicted octanol–water partition coefficient (Wildman–Crippen LogP) is 3.74. The summed E-state index contributed by atoms with van der Waals surface area (Å²) in [6.07, 6.45) is 4.44. The molecule has 1 fully saturated rings. The average Bonchev–Trinajstić information content (AvgIpc) is 3.19. The van der Waals surface area contributed by atoms with Gasteiger partial charge < -0.3 is 4.52 Å². The lowest BCUT2D eigenvalue weighted by molar-refractivity contribution is 0.103. The fraction of sp³-hybridized carbons (Fsp3) is 0.333. The van der Waals surface area contributed by atoms with Crippen LogP contribution in [-0.2, 0) is 15.6 Å². The van der Waals surface area contributed by atoms with E-state index < -0.39 is 9.84 Å². The predicted molar refractivity (Wildman–Crippen MR) is 89.6 cm³/mol. The number of halogens is 2. The Labute approximate surface area is 147 Å². The minimum Gasteiger partial charge on any atom is -0.360 e. The first-order valence-electron chi connectivity index (χ1n) is 6.92. The van der Waals surface area contributed by atoms with Gasteiger partial charge in [-0.1, -0.05) is 16.8 Å². The van der Waals surface area contributed by atoms with Crippen LogP contribution in [0, 0.1) is 0 Å². The number of sulfone groups is 1. The quantitative estimate of drug-likeness (QED) is 0.691. The molecule has 0 aliphatic heterocycles.